The average Bonchev–Trinajstić information content (AvgIpc) is 2.48. The van der Waals surface area contributed by atoms with Gasteiger partial charge in [-0.25, -0.2) is 8.42 Å². The highest BCUT2D eigenvalue weighted by molar-refractivity contribution is 7.89. The third-order valence-electron chi connectivity index (χ3n) is 3.55. The van der Waals surface area contributed by atoms with Crippen molar-refractivity contribution < 1.29 is 17.9 Å². The van der Waals surface area contributed by atoms with Gasteiger partial charge in [0.05, 0.1) is 18.4 Å². The highest BCUT2D eigenvalue weighted by Gasteiger charge is 2.34. The molecule has 0 radical (unpaired) electrons. The molecule has 1 unspecified atom stereocenters. The van der Waals surface area contributed by atoms with Gasteiger partial charge in [-0.15, -0.1) is 0 Å². The van der Waals surface area contributed by atoms with Crippen LogP contribution in [0.1, 0.15) is 25.7 Å². The van der Waals surface area contributed by atoms with Crippen LogP contribution >= 0.6 is 0 Å². The van der Waals surface area contributed by atoms with Gasteiger partial charge in [0.1, 0.15) is 0 Å². The lowest BCUT2D eigenvalue weighted by atomic mass is 10.0. The van der Waals surface area contributed by atoms with E-state index in [9.17, 15) is 13.2 Å². The zero-order valence-electron chi connectivity index (χ0n) is 11.5. The topological polar surface area (TPSA) is 63.7 Å². The van der Waals surface area contributed by atoms with Gasteiger partial charge < -0.3 is 4.74 Å². The first-order chi connectivity index (χ1) is 9.55. The molecule has 0 saturated carbocycles. The SMILES string of the molecule is COC(=O)CC1CCCCN1S(=O)(=O)c1ccccc1. The molecule has 0 spiro atoms. The molecule has 1 atom stereocenters. The van der Waals surface area contributed by atoms with Crippen LogP contribution in [-0.4, -0.2) is 38.4 Å². The van der Waals surface area contributed by atoms with E-state index in [2.05, 4.69) is 4.74 Å². The number of ether oxygens (including phenoxy) is 1. The zero-order chi connectivity index (χ0) is 14.6. The van der Waals surface area contributed by atoms with Crippen LogP contribution in [0.2, 0.25) is 0 Å². The van der Waals surface area contributed by atoms with Crippen molar-refractivity contribution in [1.82, 2.24) is 4.31 Å². The summed E-state index contributed by atoms with van der Waals surface area (Å²) in [6, 6.07) is 8.04. The number of esters is 1. The molecule has 1 aromatic carbocycles. The fourth-order valence-electron chi connectivity index (χ4n) is 2.50. The van der Waals surface area contributed by atoms with Crippen molar-refractivity contribution in [2.24, 2.45) is 0 Å². The number of carbonyl (C=O) groups is 1. The summed E-state index contributed by atoms with van der Waals surface area (Å²) in [6.07, 6.45) is 2.57. The standard InChI is InChI=1S/C14H19NO4S/c1-19-14(16)11-12-7-5-6-10-15(12)20(17,18)13-8-3-2-4-9-13/h2-4,8-9,12H,5-7,10-11H2,1H3. The van der Waals surface area contributed by atoms with Gasteiger partial charge in [-0.2, -0.15) is 4.31 Å². The van der Waals surface area contributed by atoms with E-state index in [1.165, 1.54) is 11.4 Å². The minimum absolute atomic E-state index is 0.114. The largest absolute Gasteiger partial charge is 0.469 e. The maximum atomic E-state index is 12.6. The van der Waals surface area contributed by atoms with Gasteiger partial charge in [0.2, 0.25) is 10.0 Å². The Hall–Kier alpha value is -1.40. The summed E-state index contributed by atoms with van der Waals surface area (Å²) in [6.45, 7) is 0.457. The van der Waals surface area contributed by atoms with Crippen LogP contribution in [0.4, 0.5) is 0 Å². The zero-order valence-corrected chi connectivity index (χ0v) is 12.3. The van der Waals surface area contributed by atoms with Crippen molar-refractivity contribution in [3.05, 3.63) is 30.3 Å². The van der Waals surface area contributed by atoms with Crippen molar-refractivity contribution in [3.63, 3.8) is 0 Å². The molecule has 1 heterocycles. The summed E-state index contributed by atoms with van der Waals surface area (Å²) in [5.74, 6) is -0.370. The van der Waals surface area contributed by atoms with Crippen LogP contribution in [0.5, 0.6) is 0 Å². The molecule has 0 aromatic heterocycles. The van der Waals surface area contributed by atoms with E-state index in [1.54, 1.807) is 30.3 Å². The van der Waals surface area contributed by atoms with E-state index in [4.69, 9.17) is 0 Å². The Morgan fingerprint density at radius 1 is 1.30 bits per heavy atom. The number of sulfonamides is 1. The van der Waals surface area contributed by atoms with E-state index in [0.29, 0.717) is 13.0 Å². The van der Waals surface area contributed by atoms with Gasteiger partial charge in [0.25, 0.3) is 0 Å². The van der Waals surface area contributed by atoms with Crippen LogP contribution in [-0.2, 0) is 19.6 Å². The fourth-order valence-corrected chi connectivity index (χ4v) is 4.21. The number of carbonyl (C=O) groups excluding carboxylic acids is 1. The molecule has 20 heavy (non-hydrogen) atoms. The molecule has 1 aliphatic rings. The lowest BCUT2D eigenvalue weighted by Gasteiger charge is -2.34. The van der Waals surface area contributed by atoms with Crippen LogP contribution < -0.4 is 0 Å². The molecule has 5 nitrogen and oxygen atoms in total. The van der Waals surface area contributed by atoms with Crippen molar-refractivity contribution in [1.29, 1.82) is 0 Å². The number of rotatable bonds is 4. The van der Waals surface area contributed by atoms with Gasteiger partial charge in [0, 0.05) is 12.6 Å². The smallest absolute Gasteiger partial charge is 0.307 e. The Morgan fingerprint density at radius 2 is 2.00 bits per heavy atom. The first-order valence-corrected chi connectivity index (χ1v) is 8.13. The maximum absolute atomic E-state index is 12.6. The van der Waals surface area contributed by atoms with E-state index in [0.717, 1.165) is 12.8 Å². The predicted octanol–water partition coefficient (Wildman–Crippen LogP) is 1.79. The van der Waals surface area contributed by atoms with Crippen molar-refractivity contribution in [2.45, 2.75) is 36.6 Å². The Kier molecular flexibility index (Phi) is 4.77. The summed E-state index contributed by atoms with van der Waals surface area (Å²) in [7, 11) is -2.22. The molecule has 6 heteroatoms. The highest BCUT2D eigenvalue weighted by Crippen LogP contribution is 2.27. The minimum Gasteiger partial charge on any atom is -0.469 e. The number of hydrogen-bond acceptors (Lipinski definition) is 4. The molecule has 1 aromatic rings. The predicted molar refractivity (Wildman–Crippen MR) is 74.6 cm³/mol. The van der Waals surface area contributed by atoms with Crippen LogP contribution in [0.15, 0.2) is 35.2 Å². The Labute approximate surface area is 119 Å². The van der Waals surface area contributed by atoms with Crippen molar-refractivity contribution >= 4 is 16.0 Å². The second kappa shape index (κ2) is 6.37. The average molecular weight is 297 g/mol. The molecule has 110 valence electrons. The number of nitrogens with zero attached hydrogens (tertiary/aromatic N) is 1. The minimum atomic E-state index is -3.54. The summed E-state index contributed by atoms with van der Waals surface area (Å²) < 4.78 is 31.4. The molecule has 1 fully saturated rings. The van der Waals surface area contributed by atoms with Crippen molar-refractivity contribution in [3.8, 4) is 0 Å². The molecule has 0 amide bonds. The molecule has 2 rings (SSSR count). The van der Waals surface area contributed by atoms with Gasteiger partial charge in [0.15, 0.2) is 0 Å². The van der Waals surface area contributed by atoms with Crippen LogP contribution in [0.3, 0.4) is 0 Å². The third kappa shape index (κ3) is 3.19. The molecular weight excluding hydrogens is 278 g/mol. The van der Waals surface area contributed by atoms with Gasteiger partial charge in [-0.1, -0.05) is 24.6 Å². The molecule has 1 saturated heterocycles. The van der Waals surface area contributed by atoms with Crippen LogP contribution in [0.25, 0.3) is 0 Å². The number of methoxy groups -OCH3 is 1. The van der Waals surface area contributed by atoms with E-state index >= 15 is 0 Å². The van der Waals surface area contributed by atoms with Gasteiger partial charge >= 0.3 is 5.97 Å². The van der Waals surface area contributed by atoms with Crippen LogP contribution in [0, 0.1) is 0 Å². The number of benzene rings is 1. The third-order valence-corrected chi connectivity index (χ3v) is 5.52. The molecule has 0 aliphatic carbocycles. The molecule has 0 N–H and O–H groups in total. The Morgan fingerprint density at radius 3 is 2.65 bits per heavy atom. The molecule has 1 aliphatic heterocycles. The first-order valence-electron chi connectivity index (χ1n) is 6.69. The highest BCUT2D eigenvalue weighted by atomic mass is 32.2. The first kappa shape index (κ1) is 15.0. The quantitative estimate of drug-likeness (QED) is 0.795. The fraction of sp³-hybridized carbons (Fsp3) is 0.500. The van der Waals surface area contributed by atoms with E-state index in [-0.39, 0.29) is 23.3 Å². The molecule has 0 bridgehead atoms. The molecular formula is C14H19NO4S. The normalized spacial score (nSPS) is 20.6. The number of piperidine rings is 1. The maximum Gasteiger partial charge on any atom is 0.307 e. The summed E-state index contributed by atoms with van der Waals surface area (Å²) in [5, 5.41) is 0. The van der Waals surface area contributed by atoms with Gasteiger partial charge in [-0.3, -0.25) is 4.79 Å². The lowest BCUT2D eigenvalue weighted by molar-refractivity contribution is -0.141. The lowest BCUT2D eigenvalue weighted by Crippen LogP contribution is -2.44. The van der Waals surface area contributed by atoms with Crippen molar-refractivity contribution in [2.75, 3.05) is 13.7 Å². The summed E-state index contributed by atoms with van der Waals surface area (Å²) in [5.41, 5.74) is 0. The monoisotopic (exact) mass is 297 g/mol. The van der Waals surface area contributed by atoms with Gasteiger partial charge in [-0.05, 0) is 25.0 Å². The Bertz CT molecular complexity index is 556. The second-order valence-corrected chi connectivity index (χ2v) is 6.75. The number of hydrogen-bond donors (Lipinski definition) is 0. The summed E-state index contributed by atoms with van der Waals surface area (Å²) >= 11 is 0. The van der Waals surface area contributed by atoms with E-state index in [1.807, 2.05) is 0 Å². The Balaban J connectivity index is 2.25. The summed E-state index contributed by atoms with van der Waals surface area (Å²) in [4.78, 5) is 11.7. The second-order valence-electron chi connectivity index (χ2n) is 4.86. The van der Waals surface area contributed by atoms with E-state index < -0.39 is 10.0 Å².